The van der Waals surface area contributed by atoms with Gasteiger partial charge in [0.1, 0.15) is 6.23 Å². The maximum Gasteiger partial charge on any atom is 0.221 e. The molecule has 11 heavy (non-hydrogen) atoms. The lowest BCUT2D eigenvalue weighted by molar-refractivity contribution is -0.198. The number of ether oxygens (including phenoxy) is 1. The molecule has 0 bridgehead atoms. The first kappa shape index (κ1) is 10.8. The molecule has 0 radical (unpaired) electrons. The molecule has 0 saturated carbocycles. The Balaban J connectivity index is 3.68. The van der Waals surface area contributed by atoms with Crippen molar-refractivity contribution < 1.29 is 14.9 Å². The van der Waals surface area contributed by atoms with Crippen molar-refractivity contribution in [2.24, 2.45) is 0 Å². The zero-order chi connectivity index (χ0) is 8.91. The molecule has 4 heteroatoms. The fraction of sp³-hybridized carbons (Fsp3) is 1.00. The van der Waals surface area contributed by atoms with Crippen LogP contribution in [0, 0.1) is 0 Å². The van der Waals surface area contributed by atoms with Crippen molar-refractivity contribution in [2.45, 2.75) is 39.3 Å². The minimum Gasteiger partial charge on any atom is -0.364 e. The van der Waals surface area contributed by atoms with E-state index in [9.17, 15) is 0 Å². The Kier molecular flexibility index (Phi) is 4.60. The highest BCUT2D eigenvalue weighted by molar-refractivity contribution is 4.58. The van der Waals surface area contributed by atoms with Gasteiger partial charge in [0, 0.05) is 13.5 Å². The van der Waals surface area contributed by atoms with E-state index in [0.29, 0.717) is 13.0 Å². The second-order valence-corrected chi connectivity index (χ2v) is 2.52. The summed E-state index contributed by atoms with van der Waals surface area (Å²) in [5.41, 5.74) is 0. The predicted molar refractivity (Wildman–Crippen MR) is 41.7 cm³/mol. The van der Waals surface area contributed by atoms with Crippen molar-refractivity contribution in [3.63, 3.8) is 0 Å². The SMILES string of the molecule is CCOC(CC)NC(C)(O)O. The average molecular weight is 163 g/mol. The quantitative estimate of drug-likeness (QED) is 0.499. The molecule has 1 unspecified atom stereocenters. The van der Waals surface area contributed by atoms with Crippen molar-refractivity contribution in [3.8, 4) is 0 Å². The normalized spacial score (nSPS) is 15.0. The van der Waals surface area contributed by atoms with Crippen LogP contribution in [-0.4, -0.2) is 29.0 Å². The van der Waals surface area contributed by atoms with E-state index in [1.54, 1.807) is 0 Å². The second-order valence-electron chi connectivity index (χ2n) is 2.52. The van der Waals surface area contributed by atoms with Gasteiger partial charge in [-0.15, -0.1) is 0 Å². The number of nitrogens with one attached hydrogen (secondary N) is 1. The molecule has 68 valence electrons. The summed E-state index contributed by atoms with van der Waals surface area (Å²) in [5.74, 6) is -1.85. The molecule has 4 nitrogen and oxygen atoms in total. The van der Waals surface area contributed by atoms with E-state index in [-0.39, 0.29) is 6.23 Å². The third-order valence-electron chi connectivity index (χ3n) is 1.17. The van der Waals surface area contributed by atoms with Gasteiger partial charge >= 0.3 is 0 Å². The van der Waals surface area contributed by atoms with Crippen LogP contribution >= 0.6 is 0 Å². The highest BCUT2D eigenvalue weighted by Crippen LogP contribution is 1.99. The molecule has 0 aromatic rings. The highest BCUT2D eigenvalue weighted by atomic mass is 16.5. The van der Waals surface area contributed by atoms with Crippen LogP contribution in [0.25, 0.3) is 0 Å². The third kappa shape index (κ3) is 6.25. The molecule has 0 aliphatic rings. The minimum absolute atomic E-state index is 0.292. The van der Waals surface area contributed by atoms with E-state index in [1.165, 1.54) is 6.92 Å². The number of hydrogen-bond acceptors (Lipinski definition) is 4. The van der Waals surface area contributed by atoms with Crippen LogP contribution < -0.4 is 5.32 Å². The smallest absolute Gasteiger partial charge is 0.221 e. The van der Waals surface area contributed by atoms with Crippen molar-refractivity contribution in [3.05, 3.63) is 0 Å². The van der Waals surface area contributed by atoms with Crippen LogP contribution in [0.1, 0.15) is 27.2 Å². The summed E-state index contributed by atoms with van der Waals surface area (Å²) in [6.07, 6.45) is 0.407. The molecule has 0 aromatic heterocycles. The van der Waals surface area contributed by atoms with Crippen molar-refractivity contribution in [1.82, 2.24) is 5.32 Å². The zero-order valence-electron chi connectivity index (χ0n) is 7.29. The van der Waals surface area contributed by atoms with Gasteiger partial charge in [0.25, 0.3) is 0 Å². The van der Waals surface area contributed by atoms with Crippen LogP contribution in [0.2, 0.25) is 0 Å². The topological polar surface area (TPSA) is 61.7 Å². The molecule has 0 aliphatic carbocycles. The highest BCUT2D eigenvalue weighted by Gasteiger charge is 2.19. The molecule has 3 N–H and O–H groups in total. The second kappa shape index (κ2) is 4.66. The number of hydrogen-bond donors (Lipinski definition) is 3. The Morgan fingerprint density at radius 2 is 2.00 bits per heavy atom. The summed E-state index contributed by atoms with van der Waals surface area (Å²) in [7, 11) is 0. The first-order valence-corrected chi connectivity index (χ1v) is 3.83. The molecule has 0 spiro atoms. The van der Waals surface area contributed by atoms with Crippen molar-refractivity contribution >= 4 is 0 Å². The summed E-state index contributed by atoms with van der Waals surface area (Å²) in [6, 6.07) is 0. The fourth-order valence-corrected chi connectivity index (χ4v) is 0.768. The molecular weight excluding hydrogens is 146 g/mol. The fourth-order valence-electron chi connectivity index (χ4n) is 0.768. The molecule has 0 amide bonds. The lowest BCUT2D eigenvalue weighted by atomic mass is 10.4. The van der Waals surface area contributed by atoms with Gasteiger partial charge in [0.2, 0.25) is 5.91 Å². The van der Waals surface area contributed by atoms with Crippen LogP contribution in [-0.2, 0) is 4.74 Å². The first-order valence-electron chi connectivity index (χ1n) is 3.83. The monoisotopic (exact) mass is 163 g/mol. The lowest BCUT2D eigenvalue weighted by Crippen LogP contribution is -2.48. The summed E-state index contributed by atoms with van der Waals surface area (Å²) in [6.45, 7) is 5.58. The van der Waals surface area contributed by atoms with Crippen LogP contribution in [0.3, 0.4) is 0 Å². The Bertz CT molecular complexity index is 100. The summed E-state index contributed by atoms with van der Waals surface area (Å²) in [5, 5.41) is 20.3. The Morgan fingerprint density at radius 3 is 2.27 bits per heavy atom. The molecule has 0 aromatic carbocycles. The maximum atomic E-state index is 8.91. The predicted octanol–water partition coefficient (Wildman–Crippen LogP) is 0.00690. The van der Waals surface area contributed by atoms with E-state index >= 15 is 0 Å². The molecule has 0 fully saturated rings. The number of aliphatic hydroxyl groups is 2. The molecule has 0 rings (SSSR count). The van der Waals surface area contributed by atoms with Crippen LogP contribution in [0.5, 0.6) is 0 Å². The van der Waals surface area contributed by atoms with E-state index < -0.39 is 5.91 Å². The summed E-state index contributed by atoms with van der Waals surface area (Å²) < 4.78 is 5.14. The molecule has 0 saturated heterocycles. The Hall–Kier alpha value is -0.160. The van der Waals surface area contributed by atoms with E-state index in [2.05, 4.69) is 5.32 Å². The van der Waals surface area contributed by atoms with Gasteiger partial charge in [0.05, 0.1) is 0 Å². The van der Waals surface area contributed by atoms with E-state index in [0.717, 1.165) is 0 Å². The molecule has 1 atom stereocenters. The van der Waals surface area contributed by atoms with E-state index in [4.69, 9.17) is 14.9 Å². The summed E-state index contributed by atoms with van der Waals surface area (Å²) >= 11 is 0. The largest absolute Gasteiger partial charge is 0.364 e. The molecule has 0 heterocycles. The summed E-state index contributed by atoms with van der Waals surface area (Å²) in [4.78, 5) is 0. The average Bonchev–Trinajstić information content (AvgIpc) is 1.84. The van der Waals surface area contributed by atoms with Gasteiger partial charge in [-0.1, -0.05) is 6.92 Å². The zero-order valence-corrected chi connectivity index (χ0v) is 7.29. The first-order chi connectivity index (χ1) is 4.99. The van der Waals surface area contributed by atoms with Gasteiger partial charge < -0.3 is 14.9 Å². The molecule has 0 aliphatic heterocycles. The van der Waals surface area contributed by atoms with Crippen LogP contribution in [0.15, 0.2) is 0 Å². The third-order valence-corrected chi connectivity index (χ3v) is 1.17. The van der Waals surface area contributed by atoms with Gasteiger partial charge in [-0.25, -0.2) is 5.32 Å². The number of rotatable bonds is 5. The van der Waals surface area contributed by atoms with Crippen molar-refractivity contribution in [1.29, 1.82) is 0 Å². The minimum atomic E-state index is -1.85. The lowest BCUT2D eigenvalue weighted by Gasteiger charge is -2.24. The van der Waals surface area contributed by atoms with Gasteiger partial charge in [-0.05, 0) is 13.3 Å². The van der Waals surface area contributed by atoms with Crippen molar-refractivity contribution in [2.75, 3.05) is 6.61 Å². The van der Waals surface area contributed by atoms with Gasteiger partial charge in [-0.2, -0.15) is 0 Å². The molecular formula is C7H17NO3. The van der Waals surface area contributed by atoms with Crippen LogP contribution in [0.4, 0.5) is 0 Å². The Morgan fingerprint density at radius 1 is 1.45 bits per heavy atom. The van der Waals surface area contributed by atoms with Gasteiger partial charge in [-0.3, -0.25) is 0 Å². The van der Waals surface area contributed by atoms with Gasteiger partial charge in [0.15, 0.2) is 0 Å². The Labute approximate surface area is 67.2 Å². The maximum absolute atomic E-state index is 8.91. The standard InChI is InChI=1S/C7H17NO3/c1-4-6(11-5-2)8-7(3,9)10/h6,8-10H,4-5H2,1-3H3. The van der Waals surface area contributed by atoms with E-state index in [1.807, 2.05) is 13.8 Å².